The molecule has 0 aliphatic heterocycles. The van der Waals surface area contributed by atoms with Crippen LogP contribution in [-0.4, -0.2) is 19.6 Å². The summed E-state index contributed by atoms with van der Waals surface area (Å²) < 4.78 is 5.35. The summed E-state index contributed by atoms with van der Waals surface area (Å²) in [6.45, 7) is 4.49. The zero-order valence-electron chi connectivity index (χ0n) is 13.7. The average Bonchev–Trinajstić information content (AvgIpc) is 2.50. The van der Waals surface area contributed by atoms with E-state index in [4.69, 9.17) is 10.5 Å². The largest absolute Gasteiger partial charge is 0.496 e. The fraction of sp³-hybridized carbons (Fsp3) is 0.278. The van der Waals surface area contributed by atoms with Crippen molar-refractivity contribution in [3.63, 3.8) is 0 Å². The number of nitrogens with one attached hydrogen (secondary N) is 1. The molecule has 1 amide bonds. The van der Waals surface area contributed by atoms with E-state index in [9.17, 15) is 4.79 Å². The van der Waals surface area contributed by atoms with Crippen molar-refractivity contribution in [1.82, 2.24) is 5.32 Å². The number of hydrogen-bond acceptors (Lipinski definition) is 3. The van der Waals surface area contributed by atoms with E-state index in [1.807, 2.05) is 32.0 Å². The van der Waals surface area contributed by atoms with Crippen LogP contribution in [0.25, 0.3) is 0 Å². The van der Waals surface area contributed by atoms with Crippen LogP contribution in [0.15, 0.2) is 36.4 Å². The van der Waals surface area contributed by atoms with E-state index in [0.717, 1.165) is 23.3 Å². The molecule has 0 bridgehead atoms. The first kappa shape index (κ1) is 18.8. The second-order valence-corrected chi connectivity index (χ2v) is 5.40. The van der Waals surface area contributed by atoms with Gasteiger partial charge in [0, 0.05) is 17.8 Å². The van der Waals surface area contributed by atoms with E-state index in [-0.39, 0.29) is 18.3 Å². The number of carbonyl (C=O) groups is 1. The van der Waals surface area contributed by atoms with Gasteiger partial charge in [0.05, 0.1) is 7.11 Å². The van der Waals surface area contributed by atoms with Crippen molar-refractivity contribution in [2.45, 2.75) is 20.3 Å². The smallest absolute Gasteiger partial charge is 0.251 e. The van der Waals surface area contributed by atoms with Crippen molar-refractivity contribution in [2.24, 2.45) is 0 Å². The van der Waals surface area contributed by atoms with Crippen LogP contribution in [0.5, 0.6) is 5.75 Å². The fourth-order valence-corrected chi connectivity index (χ4v) is 2.39. The Bertz CT molecular complexity index is 687. The van der Waals surface area contributed by atoms with Crippen LogP contribution in [0, 0.1) is 13.8 Å². The zero-order valence-corrected chi connectivity index (χ0v) is 14.5. The Morgan fingerprint density at radius 3 is 2.61 bits per heavy atom. The number of nitrogens with two attached hydrogens (primary N) is 1. The SMILES string of the molecule is COc1ccc(C)cc1CCNC(=O)c1cc(N)ccc1C.Cl. The summed E-state index contributed by atoms with van der Waals surface area (Å²) in [6.07, 6.45) is 0.720. The van der Waals surface area contributed by atoms with Crippen molar-refractivity contribution < 1.29 is 9.53 Å². The average molecular weight is 335 g/mol. The molecule has 0 aliphatic rings. The molecule has 0 fully saturated rings. The van der Waals surface area contributed by atoms with Crippen molar-refractivity contribution in [3.8, 4) is 5.75 Å². The summed E-state index contributed by atoms with van der Waals surface area (Å²) in [6, 6.07) is 11.4. The second kappa shape index (κ2) is 8.44. The van der Waals surface area contributed by atoms with E-state index in [1.54, 1.807) is 19.2 Å². The number of methoxy groups -OCH3 is 1. The number of aryl methyl sites for hydroxylation is 2. The summed E-state index contributed by atoms with van der Waals surface area (Å²) in [5, 5.41) is 2.94. The molecule has 4 nitrogen and oxygen atoms in total. The summed E-state index contributed by atoms with van der Waals surface area (Å²) in [5.74, 6) is 0.747. The number of ether oxygens (including phenoxy) is 1. The van der Waals surface area contributed by atoms with Gasteiger partial charge in [0.1, 0.15) is 5.75 Å². The fourth-order valence-electron chi connectivity index (χ4n) is 2.39. The minimum absolute atomic E-state index is 0. The highest BCUT2D eigenvalue weighted by molar-refractivity contribution is 5.96. The van der Waals surface area contributed by atoms with Gasteiger partial charge in [0.2, 0.25) is 0 Å². The van der Waals surface area contributed by atoms with Crippen LogP contribution in [0.3, 0.4) is 0 Å². The number of halogens is 1. The summed E-state index contributed by atoms with van der Waals surface area (Å²) in [4.78, 5) is 12.2. The summed E-state index contributed by atoms with van der Waals surface area (Å²) in [5.41, 5.74) is 10.1. The second-order valence-electron chi connectivity index (χ2n) is 5.40. The third-order valence-electron chi connectivity index (χ3n) is 3.62. The molecule has 0 spiro atoms. The molecule has 0 atom stereocenters. The lowest BCUT2D eigenvalue weighted by Crippen LogP contribution is -2.26. The highest BCUT2D eigenvalue weighted by Gasteiger charge is 2.10. The quantitative estimate of drug-likeness (QED) is 0.825. The molecule has 23 heavy (non-hydrogen) atoms. The summed E-state index contributed by atoms with van der Waals surface area (Å²) >= 11 is 0. The standard InChI is InChI=1S/C18H22N2O2.ClH/c1-12-4-7-17(22-3)14(10-12)8-9-20-18(21)16-11-15(19)6-5-13(16)2;/h4-7,10-11H,8-9,19H2,1-3H3,(H,20,21);1H. The van der Waals surface area contributed by atoms with Crippen molar-refractivity contribution in [2.75, 3.05) is 19.4 Å². The number of carbonyl (C=O) groups excluding carboxylic acids is 1. The van der Waals surface area contributed by atoms with Gasteiger partial charge >= 0.3 is 0 Å². The third kappa shape index (κ3) is 4.89. The van der Waals surface area contributed by atoms with Gasteiger partial charge in [-0.15, -0.1) is 12.4 Å². The molecule has 0 radical (unpaired) electrons. The zero-order chi connectivity index (χ0) is 16.1. The lowest BCUT2D eigenvalue weighted by molar-refractivity contribution is 0.0953. The number of anilines is 1. The lowest BCUT2D eigenvalue weighted by Gasteiger charge is -2.11. The van der Waals surface area contributed by atoms with Crippen LogP contribution in [0.2, 0.25) is 0 Å². The Kier molecular flexibility index (Phi) is 6.91. The first-order valence-electron chi connectivity index (χ1n) is 7.29. The molecule has 3 N–H and O–H groups in total. The molecule has 0 unspecified atom stereocenters. The van der Waals surface area contributed by atoms with Crippen LogP contribution < -0.4 is 15.8 Å². The predicted octanol–water partition coefficient (Wildman–Crippen LogP) is 3.29. The molecule has 5 heteroatoms. The topological polar surface area (TPSA) is 64.3 Å². The Hall–Kier alpha value is -2.20. The first-order valence-corrected chi connectivity index (χ1v) is 7.29. The maximum Gasteiger partial charge on any atom is 0.251 e. The van der Waals surface area contributed by atoms with E-state index in [0.29, 0.717) is 17.8 Å². The molecule has 2 aromatic carbocycles. The highest BCUT2D eigenvalue weighted by Crippen LogP contribution is 2.20. The van der Waals surface area contributed by atoms with E-state index in [2.05, 4.69) is 11.4 Å². The Morgan fingerprint density at radius 1 is 1.17 bits per heavy atom. The molecule has 124 valence electrons. The molecule has 0 heterocycles. The normalized spacial score (nSPS) is 9.87. The van der Waals surface area contributed by atoms with Crippen LogP contribution in [-0.2, 0) is 6.42 Å². The molecule has 0 saturated carbocycles. The molecular weight excluding hydrogens is 312 g/mol. The number of hydrogen-bond donors (Lipinski definition) is 2. The van der Waals surface area contributed by atoms with Gasteiger partial charge in [-0.3, -0.25) is 4.79 Å². The van der Waals surface area contributed by atoms with Gasteiger partial charge in [-0.2, -0.15) is 0 Å². The van der Waals surface area contributed by atoms with E-state index in [1.165, 1.54) is 5.56 Å². The first-order chi connectivity index (χ1) is 10.5. The van der Waals surface area contributed by atoms with Gasteiger partial charge < -0.3 is 15.8 Å². The number of amides is 1. The summed E-state index contributed by atoms with van der Waals surface area (Å²) in [7, 11) is 1.66. The van der Waals surface area contributed by atoms with Gasteiger partial charge in [-0.25, -0.2) is 0 Å². The lowest BCUT2D eigenvalue weighted by atomic mass is 10.1. The maximum atomic E-state index is 12.2. The van der Waals surface area contributed by atoms with Gasteiger partial charge in [-0.1, -0.05) is 23.8 Å². The van der Waals surface area contributed by atoms with Crippen LogP contribution in [0.1, 0.15) is 27.0 Å². The molecular formula is C18H23ClN2O2. The van der Waals surface area contributed by atoms with Gasteiger partial charge in [0.15, 0.2) is 0 Å². The molecule has 2 rings (SSSR count). The van der Waals surface area contributed by atoms with Gasteiger partial charge in [-0.05, 0) is 49.6 Å². The minimum Gasteiger partial charge on any atom is -0.496 e. The van der Waals surface area contributed by atoms with Gasteiger partial charge in [0.25, 0.3) is 5.91 Å². The Balaban J connectivity index is 0.00000264. The van der Waals surface area contributed by atoms with Crippen LogP contribution >= 0.6 is 12.4 Å². The Labute approximate surface area is 143 Å². The number of rotatable bonds is 5. The highest BCUT2D eigenvalue weighted by atomic mass is 35.5. The molecule has 0 saturated heterocycles. The van der Waals surface area contributed by atoms with E-state index < -0.39 is 0 Å². The van der Waals surface area contributed by atoms with Crippen molar-refractivity contribution in [3.05, 3.63) is 58.7 Å². The number of benzene rings is 2. The Morgan fingerprint density at radius 2 is 1.91 bits per heavy atom. The van der Waals surface area contributed by atoms with E-state index >= 15 is 0 Å². The third-order valence-corrected chi connectivity index (χ3v) is 3.62. The van der Waals surface area contributed by atoms with Crippen LogP contribution in [0.4, 0.5) is 5.69 Å². The number of nitrogen functional groups attached to an aromatic ring is 1. The maximum absolute atomic E-state index is 12.2. The predicted molar refractivity (Wildman–Crippen MR) is 96.6 cm³/mol. The minimum atomic E-state index is -0.101. The molecule has 0 aliphatic carbocycles. The molecule has 2 aromatic rings. The van der Waals surface area contributed by atoms with Crippen molar-refractivity contribution in [1.29, 1.82) is 0 Å². The van der Waals surface area contributed by atoms with Crippen molar-refractivity contribution >= 4 is 24.0 Å². The molecule has 0 aromatic heterocycles. The monoisotopic (exact) mass is 334 g/mol.